The molecule has 2 saturated carbocycles. The first-order chi connectivity index (χ1) is 7.76. The van der Waals surface area contributed by atoms with Crippen molar-refractivity contribution in [3.8, 4) is 0 Å². The molecule has 0 radical (unpaired) electrons. The molecule has 86 valence electrons. The molecular formula is C14H19NS. The summed E-state index contributed by atoms with van der Waals surface area (Å²) in [4.78, 5) is 1.32. The van der Waals surface area contributed by atoms with Gasteiger partial charge in [0, 0.05) is 10.9 Å². The summed E-state index contributed by atoms with van der Waals surface area (Å²) in [6.45, 7) is 2.38. The summed E-state index contributed by atoms with van der Waals surface area (Å²) in [7, 11) is 0. The fourth-order valence-corrected chi connectivity index (χ4v) is 4.22. The molecule has 2 heteroatoms. The Bertz CT molecular complexity index is 348. The highest BCUT2D eigenvalue weighted by Crippen LogP contribution is 2.58. The van der Waals surface area contributed by atoms with Gasteiger partial charge in [0.05, 0.1) is 0 Å². The lowest BCUT2D eigenvalue weighted by Gasteiger charge is -2.57. The molecule has 0 saturated heterocycles. The van der Waals surface area contributed by atoms with Crippen LogP contribution in [0.5, 0.6) is 0 Å². The molecular weight excluding hydrogens is 214 g/mol. The second-order valence-electron chi connectivity index (χ2n) is 5.65. The molecule has 2 aliphatic rings. The molecule has 1 aromatic rings. The van der Waals surface area contributed by atoms with E-state index in [1.54, 1.807) is 11.9 Å². The third-order valence-corrected chi connectivity index (χ3v) is 4.97. The van der Waals surface area contributed by atoms with Crippen LogP contribution in [0.1, 0.15) is 32.6 Å². The molecule has 0 unspecified atom stereocenters. The van der Waals surface area contributed by atoms with Gasteiger partial charge in [-0.3, -0.25) is 4.72 Å². The summed E-state index contributed by atoms with van der Waals surface area (Å²) in [5.41, 5.74) is 0.758. The number of benzene rings is 1. The topological polar surface area (TPSA) is 12.0 Å². The van der Waals surface area contributed by atoms with Gasteiger partial charge < -0.3 is 0 Å². The van der Waals surface area contributed by atoms with Crippen LogP contribution in [0.15, 0.2) is 35.2 Å². The molecule has 0 heterocycles. The van der Waals surface area contributed by atoms with E-state index in [0.29, 0.717) is 0 Å². The Balaban J connectivity index is 1.42. The van der Waals surface area contributed by atoms with Gasteiger partial charge in [0.2, 0.25) is 0 Å². The van der Waals surface area contributed by atoms with Gasteiger partial charge in [-0.2, -0.15) is 0 Å². The smallest absolute Gasteiger partial charge is 0.0228 e. The minimum Gasteiger partial charge on any atom is -0.257 e. The zero-order chi connectivity index (χ0) is 11.0. The van der Waals surface area contributed by atoms with E-state index in [1.165, 1.54) is 30.6 Å². The lowest BCUT2D eigenvalue weighted by atomic mass is 9.50. The maximum atomic E-state index is 3.59. The highest BCUT2D eigenvalue weighted by atomic mass is 32.2. The summed E-state index contributed by atoms with van der Waals surface area (Å²) < 4.78 is 3.59. The van der Waals surface area contributed by atoms with E-state index in [-0.39, 0.29) is 0 Å². The average molecular weight is 233 g/mol. The van der Waals surface area contributed by atoms with E-state index in [1.807, 2.05) is 0 Å². The molecule has 0 aromatic heterocycles. The van der Waals surface area contributed by atoms with Crippen LogP contribution in [0.3, 0.4) is 0 Å². The Labute approximate surface area is 102 Å². The lowest BCUT2D eigenvalue weighted by Crippen LogP contribution is -2.53. The molecule has 16 heavy (non-hydrogen) atoms. The normalized spacial score (nSPS) is 36.8. The monoisotopic (exact) mass is 233 g/mol. The van der Waals surface area contributed by atoms with Crippen molar-refractivity contribution in [2.75, 3.05) is 0 Å². The summed E-state index contributed by atoms with van der Waals surface area (Å²) in [5, 5.41) is 0. The van der Waals surface area contributed by atoms with Crippen molar-refractivity contribution >= 4 is 11.9 Å². The van der Waals surface area contributed by atoms with Gasteiger partial charge in [-0.15, -0.1) is 0 Å². The molecule has 0 bridgehead atoms. The number of nitrogens with one attached hydrogen (secondary N) is 1. The van der Waals surface area contributed by atoms with Gasteiger partial charge in [0.1, 0.15) is 0 Å². The first-order valence-electron chi connectivity index (χ1n) is 6.23. The van der Waals surface area contributed by atoms with Crippen LogP contribution in [0.25, 0.3) is 0 Å². The molecule has 0 aliphatic heterocycles. The molecule has 0 atom stereocenters. The number of hydrogen-bond acceptors (Lipinski definition) is 2. The number of rotatable bonds is 3. The first-order valence-corrected chi connectivity index (χ1v) is 7.05. The Kier molecular flexibility index (Phi) is 2.72. The van der Waals surface area contributed by atoms with Crippen LogP contribution >= 0.6 is 11.9 Å². The third kappa shape index (κ3) is 2.01. The predicted molar refractivity (Wildman–Crippen MR) is 69.3 cm³/mol. The summed E-state index contributed by atoms with van der Waals surface area (Å²) in [5.74, 6) is 0.989. The summed E-state index contributed by atoms with van der Waals surface area (Å²) in [6.07, 6.45) is 5.75. The molecule has 1 spiro atoms. The van der Waals surface area contributed by atoms with Gasteiger partial charge in [-0.25, -0.2) is 0 Å². The first kappa shape index (κ1) is 10.7. The van der Waals surface area contributed by atoms with Crippen LogP contribution in [-0.4, -0.2) is 6.04 Å². The van der Waals surface area contributed by atoms with Crippen LogP contribution in [-0.2, 0) is 0 Å². The van der Waals surface area contributed by atoms with Crippen molar-refractivity contribution in [2.24, 2.45) is 11.3 Å². The van der Waals surface area contributed by atoms with Crippen molar-refractivity contribution < 1.29 is 0 Å². The highest BCUT2D eigenvalue weighted by Gasteiger charge is 2.51. The lowest BCUT2D eigenvalue weighted by molar-refractivity contribution is -0.0352. The zero-order valence-electron chi connectivity index (χ0n) is 9.78. The molecule has 0 amide bonds. The molecule has 1 nitrogen and oxygen atoms in total. The van der Waals surface area contributed by atoms with Crippen LogP contribution in [0.4, 0.5) is 0 Å². The average Bonchev–Trinajstić information content (AvgIpc) is 2.21. The Morgan fingerprint density at radius 1 is 1.12 bits per heavy atom. The van der Waals surface area contributed by atoms with Gasteiger partial charge in [0.15, 0.2) is 0 Å². The maximum Gasteiger partial charge on any atom is 0.0228 e. The fourth-order valence-electron chi connectivity index (χ4n) is 3.46. The molecule has 2 aliphatic carbocycles. The summed E-state index contributed by atoms with van der Waals surface area (Å²) >= 11 is 1.79. The van der Waals surface area contributed by atoms with Crippen LogP contribution < -0.4 is 4.72 Å². The Morgan fingerprint density at radius 2 is 1.81 bits per heavy atom. The van der Waals surface area contributed by atoms with E-state index in [4.69, 9.17) is 0 Å². The second-order valence-corrected chi connectivity index (χ2v) is 6.56. The van der Waals surface area contributed by atoms with Crippen molar-refractivity contribution in [1.82, 2.24) is 4.72 Å². The molecule has 2 fully saturated rings. The molecule has 3 rings (SSSR count). The largest absolute Gasteiger partial charge is 0.257 e. The van der Waals surface area contributed by atoms with E-state index in [9.17, 15) is 0 Å². The van der Waals surface area contributed by atoms with Gasteiger partial charge in [-0.05, 0) is 61.1 Å². The highest BCUT2D eigenvalue weighted by molar-refractivity contribution is 7.97. The van der Waals surface area contributed by atoms with E-state index in [2.05, 4.69) is 42.0 Å². The van der Waals surface area contributed by atoms with Crippen molar-refractivity contribution in [1.29, 1.82) is 0 Å². The fraction of sp³-hybridized carbons (Fsp3) is 0.571. The second kappa shape index (κ2) is 4.08. The zero-order valence-corrected chi connectivity index (χ0v) is 10.6. The van der Waals surface area contributed by atoms with Gasteiger partial charge in [-0.1, -0.05) is 25.1 Å². The SMILES string of the molecule is CC1CC2(C1)CC(NSc1ccccc1)C2. The Morgan fingerprint density at radius 3 is 2.44 bits per heavy atom. The van der Waals surface area contributed by atoms with Crippen molar-refractivity contribution in [3.63, 3.8) is 0 Å². The standard InChI is InChI=1S/C14H19NS/c1-11-7-14(8-11)9-12(10-14)15-16-13-5-3-2-4-6-13/h2-6,11-12,15H,7-10H2,1H3. The van der Waals surface area contributed by atoms with Crippen molar-refractivity contribution in [3.05, 3.63) is 30.3 Å². The Hall–Kier alpha value is -0.470. The van der Waals surface area contributed by atoms with E-state index < -0.39 is 0 Å². The summed E-state index contributed by atoms with van der Waals surface area (Å²) in [6, 6.07) is 11.3. The predicted octanol–water partition coefficient (Wildman–Crippen LogP) is 3.86. The van der Waals surface area contributed by atoms with E-state index >= 15 is 0 Å². The van der Waals surface area contributed by atoms with Gasteiger partial charge in [0.25, 0.3) is 0 Å². The minimum absolute atomic E-state index is 0.748. The van der Waals surface area contributed by atoms with Crippen molar-refractivity contribution in [2.45, 2.75) is 43.5 Å². The minimum atomic E-state index is 0.748. The van der Waals surface area contributed by atoms with E-state index in [0.717, 1.165) is 17.4 Å². The molecule has 1 N–H and O–H groups in total. The van der Waals surface area contributed by atoms with Crippen LogP contribution in [0.2, 0.25) is 0 Å². The van der Waals surface area contributed by atoms with Crippen LogP contribution in [0, 0.1) is 11.3 Å². The maximum absolute atomic E-state index is 3.59. The van der Waals surface area contributed by atoms with Gasteiger partial charge >= 0.3 is 0 Å². The molecule has 1 aromatic carbocycles. The number of hydrogen-bond donors (Lipinski definition) is 1. The quantitative estimate of drug-likeness (QED) is 0.796. The third-order valence-electron chi connectivity index (χ3n) is 4.01.